The van der Waals surface area contributed by atoms with E-state index in [1.165, 1.54) is 6.07 Å². The van der Waals surface area contributed by atoms with Crippen molar-refractivity contribution < 1.29 is 19.1 Å². The number of amides is 1. The maximum absolute atomic E-state index is 12.5. The predicted octanol–water partition coefficient (Wildman–Crippen LogP) is 3.55. The lowest BCUT2D eigenvalue weighted by atomic mass is 10.2. The molecule has 7 nitrogen and oxygen atoms in total. The zero-order valence-electron chi connectivity index (χ0n) is 14.1. The van der Waals surface area contributed by atoms with Crippen molar-refractivity contribution in [2.75, 3.05) is 5.32 Å². The quantitative estimate of drug-likeness (QED) is 0.714. The number of carboxylic acids is 1. The molecule has 2 heterocycles. The number of aromatic carboxylic acids is 1. The highest BCUT2D eigenvalue weighted by Gasteiger charge is 2.21. The molecule has 0 aliphatic rings. The number of para-hydroxylation sites is 2. The summed E-state index contributed by atoms with van der Waals surface area (Å²) in [6.07, 6.45) is 1.27. The Kier molecular flexibility index (Phi) is 4.56. The second kappa shape index (κ2) is 6.80. The average molecular weight is 341 g/mol. The fourth-order valence-corrected chi connectivity index (χ4v) is 2.77. The molecule has 2 aromatic heterocycles. The maximum Gasteiger partial charge on any atom is 0.339 e. The number of carbonyl (C=O) groups is 2. The number of carboxylic acid groups (broad SMARTS) is 1. The summed E-state index contributed by atoms with van der Waals surface area (Å²) in [6.45, 7) is 4.52. The molecule has 1 aromatic carbocycles. The molecule has 0 spiro atoms. The highest BCUT2D eigenvalue weighted by Crippen LogP contribution is 2.22. The monoisotopic (exact) mass is 341 g/mol. The number of hydrogen-bond acceptors (Lipinski definition) is 4. The number of aromatic nitrogens is 2. The van der Waals surface area contributed by atoms with Crippen LogP contribution in [0.5, 0.6) is 0 Å². The Morgan fingerprint density at radius 1 is 1.28 bits per heavy atom. The topological polar surface area (TPSA) is 97.4 Å². The van der Waals surface area contributed by atoms with Crippen molar-refractivity contribution in [3.05, 3.63) is 47.4 Å². The van der Waals surface area contributed by atoms with E-state index in [1.54, 1.807) is 6.92 Å². The van der Waals surface area contributed by atoms with Gasteiger partial charge >= 0.3 is 5.97 Å². The highest BCUT2D eigenvalue weighted by molar-refractivity contribution is 6.04. The lowest BCUT2D eigenvalue weighted by molar-refractivity contribution is 0.0694. The van der Waals surface area contributed by atoms with Gasteiger partial charge in [-0.25, -0.2) is 9.78 Å². The molecule has 3 rings (SSSR count). The van der Waals surface area contributed by atoms with Crippen LogP contribution in [-0.4, -0.2) is 26.5 Å². The maximum atomic E-state index is 12.5. The van der Waals surface area contributed by atoms with Crippen LogP contribution < -0.4 is 5.32 Å². The van der Waals surface area contributed by atoms with Gasteiger partial charge in [-0.1, -0.05) is 26.0 Å². The highest BCUT2D eigenvalue weighted by atomic mass is 16.4. The molecule has 0 saturated carbocycles. The minimum absolute atomic E-state index is 0.00899. The summed E-state index contributed by atoms with van der Waals surface area (Å²) in [5.41, 5.74) is 1.72. The molecule has 0 unspecified atom stereocenters. The summed E-state index contributed by atoms with van der Waals surface area (Å²) in [5.74, 6) is -0.976. The van der Waals surface area contributed by atoms with Gasteiger partial charge < -0.3 is 14.1 Å². The van der Waals surface area contributed by atoms with Crippen LogP contribution >= 0.6 is 0 Å². The molecule has 3 aromatic rings. The van der Waals surface area contributed by atoms with Crippen LogP contribution in [0.25, 0.3) is 11.0 Å². The molecule has 0 radical (unpaired) electrons. The van der Waals surface area contributed by atoms with Gasteiger partial charge in [0.15, 0.2) is 5.76 Å². The van der Waals surface area contributed by atoms with E-state index in [-0.39, 0.29) is 17.1 Å². The van der Waals surface area contributed by atoms with Gasteiger partial charge in [-0.2, -0.15) is 0 Å². The Hall–Kier alpha value is -3.09. The fraction of sp³-hybridized carbons (Fsp3) is 0.278. The van der Waals surface area contributed by atoms with E-state index in [0.717, 1.165) is 17.5 Å². The number of fused-ring (bicyclic) bond motifs is 1. The van der Waals surface area contributed by atoms with E-state index >= 15 is 0 Å². The molecule has 0 saturated heterocycles. The number of benzene rings is 1. The number of aryl methyl sites for hydroxylation is 2. The summed E-state index contributed by atoms with van der Waals surface area (Å²) in [7, 11) is 0. The van der Waals surface area contributed by atoms with Crippen LogP contribution in [0.2, 0.25) is 0 Å². The minimum atomic E-state index is -1.11. The van der Waals surface area contributed by atoms with E-state index in [9.17, 15) is 14.7 Å². The third-order valence-corrected chi connectivity index (χ3v) is 3.91. The summed E-state index contributed by atoms with van der Waals surface area (Å²) < 4.78 is 7.33. The smallest absolute Gasteiger partial charge is 0.339 e. The first kappa shape index (κ1) is 16.8. The lowest BCUT2D eigenvalue weighted by Crippen LogP contribution is -2.15. The Morgan fingerprint density at radius 3 is 2.68 bits per heavy atom. The summed E-state index contributed by atoms with van der Waals surface area (Å²) in [6, 6.07) is 8.88. The largest absolute Gasteiger partial charge is 0.478 e. The van der Waals surface area contributed by atoms with Gasteiger partial charge in [-0.3, -0.25) is 10.1 Å². The standard InChI is InChI=1S/C18H19N3O4/c1-3-9-21-13-8-6-5-7-12(13)19-18(21)20-16(22)15-10-11(17(23)24)14(4-2)25-15/h5-8,10H,3-4,9H2,1-2H3,(H,23,24)(H,19,20,22). The van der Waals surface area contributed by atoms with E-state index < -0.39 is 11.9 Å². The molecule has 0 bridgehead atoms. The van der Waals surface area contributed by atoms with Crippen LogP contribution in [0, 0.1) is 0 Å². The number of hydrogen-bond donors (Lipinski definition) is 2. The number of nitrogens with zero attached hydrogens (tertiary/aromatic N) is 2. The van der Waals surface area contributed by atoms with Crippen LogP contribution in [-0.2, 0) is 13.0 Å². The van der Waals surface area contributed by atoms with Gasteiger partial charge in [-0.05, 0) is 18.6 Å². The Morgan fingerprint density at radius 2 is 2.04 bits per heavy atom. The van der Waals surface area contributed by atoms with Crippen molar-refractivity contribution in [2.24, 2.45) is 0 Å². The minimum Gasteiger partial charge on any atom is -0.478 e. The molecular weight excluding hydrogens is 322 g/mol. The number of carbonyl (C=O) groups excluding carboxylic acids is 1. The second-order valence-corrected chi connectivity index (χ2v) is 5.64. The fourth-order valence-electron chi connectivity index (χ4n) is 2.77. The van der Waals surface area contributed by atoms with Crippen LogP contribution in [0.4, 0.5) is 5.95 Å². The molecule has 0 fully saturated rings. The Labute approximate surface area is 144 Å². The molecule has 0 atom stereocenters. The molecule has 0 aliphatic heterocycles. The zero-order valence-corrected chi connectivity index (χ0v) is 14.1. The van der Waals surface area contributed by atoms with Crippen molar-refractivity contribution in [1.29, 1.82) is 0 Å². The third-order valence-electron chi connectivity index (χ3n) is 3.91. The SMILES string of the molecule is CCCn1c(NC(=O)c2cc(C(=O)O)c(CC)o2)nc2ccccc21. The van der Waals surface area contributed by atoms with E-state index in [1.807, 2.05) is 35.8 Å². The summed E-state index contributed by atoms with van der Waals surface area (Å²) >= 11 is 0. The van der Waals surface area contributed by atoms with Gasteiger partial charge in [-0.15, -0.1) is 0 Å². The number of furan rings is 1. The van der Waals surface area contributed by atoms with Crippen molar-refractivity contribution in [3.63, 3.8) is 0 Å². The number of anilines is 1. The molecular formula is C18H19N3O4. The lowest BCUT2D eigenvalue weighted by Gasteiger charge is -2.07. The Bertz CT molecular complexity index is 939. The number of imidazole rings is 1. The van der Waals surface area contributed by atoms with Gasteiger partial charge in [0.05, 0.1) is 11.0 Å². The number of rotatable bonds is 6. The van der Waals surface area contributed by atoms with E-state index in [2.05, 4.69) is 10.3 Å². The first-order valence-corrected chi connectivity index (χ1v) is 8.17. The average Bonchev–Trinajstić information content (AvgIpc) is 3.17. The van der Waals surface area contributed by atoms with Gasteiger partial charge in [0.25, 0.3) is 5.91 Å². The van der Waals surface area contributed by atoms with Crippen molar-refractivity contribution in [2.45, 2.75) is 33.2 Å². The van der Waals surface area contributed by atoms with Gasteiger partial charge in [0.1, 0.15) is 11.3 Å². The summed E-state index contributed by atoms with van der Waals surface area (Å²) in [4.78, 5) is 28.2. The van der Waals surface area contributed by atoms with Crippen molar-refractivity contribution in [3.8, 4) is 0 Å². The van der Waals surface area contributed by atoms with E-state index in [4.69, 9.17) is 4.42 Å². The molecule has 0 aliphatic carbocycles. The van der Waals surface area contributed by atoms with Gasteiger partial charge in [0.2, 0.25) is 5.95 Å². The van der Waals surface area contributed by atoms with E-state index in [0.29, 0.717) is 18.9 Å². The molecule has 2 N–H and O–H groups in total. The van der Waals surface area contributed by atoms with Gasteiger partial charge in [0, 0.05) is 19.0 Å². The molecule has 7 heteroatoms. The molecule has 1 amide bonds. The predicted molar refractivity (Wildman–Crippen MR) is 93.0 cm³/mol. The third kappa shape index (κ3) is 3.13. The number of nitrogens with one attached hydrogen (secondary N) is 1. The molecule has 130 valence electrons. The first-order chi connectivity index (χ1) is 12.0. The normalized spacial score (nSPS) is 11.0. The van der Waals surface area contributed by atoms with Crippen LogP contribution in [0.3, 0.4) is 0 Å². The van der Waals surface area contributed by atoms with Crippen molar-refractivity contribution in [1.82, 2.24) is 9.55 Å². The van der Waals surface area contributed by atoms with Crippen LogP contribution in [0.1, 0.15) is 46.9 Å². The summed E-state index contributed by atoms with van der Waals surface area (Å²) in [5, 5.41) is 11.9. The first-order valence-electron chi connectivity index (χ1n) is 8.17. The second-order valence-electron chi connectivity index (χ2n) is 5.64. The molecule has 25 heavy (non-hydrogen) atoms. The van der Waals surface area contributed by atoms with Crippen molar-refractivity contribution >= 4 is 28.9 Å². The van der Waals surface area contributed by atoms with Crippen LogP contribution in [0.15, 0.2) is 34.7 Å². The zero-order chi connectivity index (χ0) is 18.0. The Balaban J connectivity index is 1.94.